The Balaban J connectivity index is 1.62. The van der Waals surface area contributed by atoms with Crippen molar-refractivity contribution < 1.29 is 23.8 Å². The molecule has 4 rings (SSSR count). The maximum atomic E-state index is 12.8. The van der Waals surface area contributed by atoms with Crippen molar-refractivity contribution in [3.63, 3.8) is 0 Å². The molecule has 0 unspecified atom stereocenters. The van der Waals surface area contributed by atoms with Crippen molar-refractivity contribution in [2.45, 2.75) is 18.8 Å². The quantitative estimate of drug-likeness (QED) is 0.633. The monoisotopic (exact) mass is 433 g/mol. The molecule has 8 nitrogen and oxygen atoms in total. The fraction of sp³-hybridized carbons (Fsp3) is 0.250. The Morgan fingerprint density at radius 2 is 1.69 bits per heavy atom. The fourth-order valence-electron chi connectivity index (χ4n) is 3.84. The summed E-state index contributed by atoms with van der Waals surface area (Å²) in [5.41, 5.74) is 2.46. The molecule has 0 bridgehead atoms. The molecule has 1 aromatic heterocycles. The van der Waals surface area contributed by atoms with Gasteiger partial charge in [0.25, 0.3) is 5.91 Å². The number of nitrogens with one attached hydrogen (secondary N) is 1. The molecular weight excluding hydrogens is 410 g/mol. The number of benzene rings is 2. The predicted molar refractivity (Wildman–Crippen MR) is 118 cm³/mol. The van der Waals surface area contributed by atoms with E-state index in [0.717, 1.165) is 5.56 Å². The number of nitrogens with zero attached hydrogens (tertiary/aromatic N) is 2. The molecule has 1 atom stereocenters. The van der Waals surface area contributed by atoms with Gasteiger partial charge in [-0.2, -0.15) is 0 Å². The van der Waals surface area contributed by atoms with Crippen LogP contribution in [0.4, 0.5) is 5.95 Å². The van der Waals surface area contributed by atoms with Crippen molar-refractivity contribution in [1.82, 2.24) is 9.97 Å². The molecule has 3 aromatic rings. The van der Waals surface area contributed by atoms with Gasteiger partial charge < -0.3 is 14.2 Å². The summed E-state index contributed by atoms with van der Waals surface area (Å²) in [5, 5.41) is 2.70. The summed E-state index contributed by atoms with van der Waals surface area (Å²) >= 11 is 0. The number of hydrogen-bond acceptors (Lipinski definition) is 7. The third-order valence-electron chi connectivity index (χ3n) is 5.46. The van der Waals surface area contributed by atoms with Crippen LogP contribution in [-0.4, -0.2) is 43.0 Å². The van der Waals surface area contributed by atoms with Gasteiger partial charge in [0.15, 0.2) is 17.3 Å². The zero-order chi connectivity index (χ0) is 22.7. The second kappa shape index (κ2) is 9.05. The zero-order valence-electron chi connectivity index (χ0n) is 18.0. The number of aromatic nitrogens is 2. The van der Waals surface area contributed by atoms with Crippen LogP contribution < -0.4 is 19.5 Å². The number of carbonyl (C=O) groups excluding carboxylic acids is 2. The van der Waals surface area contributed by atoms with Gasteiger partial charge in [-0.15, -0.1) is 0 Å². The highest BCUT2D eigenvalue weighted by atomic mass is 16.5. The van der Waals surface area contributed by atoms with Gasteiger partial charge in [0, 0.05) is 18.2 Å². The van der Waals surface area contributed by atoms with E-state index in [-0.39, 0.29) is 23.6 Å². The molecule has 32 heavy (non-hydrogen) atoms. The normalized spacial score (nSPS) is 15.0. The van der Waals surface area contributed by atoms with Gasteiger partial charge in [0.1, 0.15) is 0 Å². The van der Waals surface area contributed by atoms with Crippen molar-refractivity contribution >= 4 is 17.6 Å². The first-order chi connectivity index (χ1) is 15.5. The molecule has 0 saturated carbocycles. The van der Waals surface area contributed by atoms with Crippen molar-refractivity contribution in [2.24, 2.45) is 0 Å². The Morgan fingerprint density at radius 3 is 2.31 bits per heavy atom. The van der Waals surface area contributed by atoms with Crippen LogP contribution >= 0.6 is 0 Å². The molecule has 1 heterocycles. The number of fused-ring (bicyclic) bond motifs is 1. The molecule has 0 spiro atoms. The average Bonchev–Trinajstić information content (AvgIpc) is 2.83. The van der Waals surface area contributed by atoms with E-state index in [4.69, 9.17) is 14.2 Å². The van der Waals surface area contributed by atoms with E-state index in [0.29, 0.717) is 46.9 Å². The first-order valence-electron chi connectivity index (χ1n) is 10.1. The summed E-state index contributed by atoms with van der Waals surface area (Å²) in [4.78, 5) is 33.9. The smallest absolute Gasteiger partial charge is 0.258 e. The van der Waals surface area contributed by atoms with Crippen LogP contribution in [0.2, 0.25) is 0 Å². The van der Waals surface area contributed by atoms with Crippen LogP contribution in [0, 0.1) is 0 Å². The van der Waals surface area contributed by atoms with Crippen LogP contribution in [0.1, 0.15) is 44.3 Å². The van der Waals surface area contributed by atoms with Crippen molar-refractivity contribution in [1.29, 1.82) is 0 Å². The number of methoxy groups -OCH3 is 3. The summed E-state index contributed by atoms with van der Waals surface area (Å²) in [7, 11) is 4.65. The highest BCUT2D eigenvalue weighted by Gasteiger charge is 2.30. The number of ketones is 1. The Bertz CT molecular complexity index is 1140. The maximum absolute atomic E-state index is 12.8. The van der Waals surface area contributed by atoms with Crippen LogP contribution in [0.25, 0.3) is 0 Å². The number of amides is 1. The van der Waals surface area contributed by atoms with E-state index >= 15 is 0 Å². The maximum Gasteiger partial charge on any atom is 0.258 e. The standard InChI is InChI=1S/C24H23N3O5/c1-30-20-11-16(12-21(31-2)22(20)32-3)15-9-18-17(19(28)10-15)13-25-24(26-18)27-23(29)14-7-5-4-6-8-14/h4-8,11-13,15H,9-10H2,1-3H3,(H,25,26,27,29)/t15-/m1/s1. The molecule has 0 fully saturated rings. The second-order valence-electron chi connectivity index (χ2n) is 7.36. The van der Waals surface area contributed by atoms with E-state index in [9.17, 15) is 9.59 Å². The molecule has 0 radical (unpaired) electrons. The minimum absolute atomic E-state index is 0.0501. The Labute approximate surface area is 185 Å². The second-order valence-corrected chi connectivity index (χ2v) is 7.36. The third-order valence-corrected chi connectivity index (χ3v) is 5.46. The zero-order valence-corrected chi connectivity index (χ0v) is 18.0. The molecule has 8 heteroatoms. The molecule has 1 amide bonds. The SMILES string of the molecule is COc1cc([C@H]2CC(=O)c3cnc(NC(=O)c4ccccc4)nc3C2)cc(OC)c1OC. The lowest BCUT2D eigenvalue weighted by Gasteiger charge is -2.24. The summed E-state index contributed by atoms with van der Waals surface area (Å²) in [6.07, 6.45) is 2.30. The summed E-state index contributed by atoms with van der Waals surface area (Å²) in [5.74, 6) is 1.22. The summed E-state index contributed by atoms with van der Waals surface area (Å²) in [6, 6.07) is 12.5. The molecule has 1 N–H and O–H groups in total. The van der Waals surface area contributed by atoms with Crippen molar-refractivity contribution in [3.8, 4) is 17.2 Å². The van der Waals surface area contributed by atoms with Gasteiger partial charge in [-0.1, -0.05) is 18.2 Å². The van der Waals surface area contributed by atoms with Crippen LogP contribution in [-0.2, 0) is 6.42 Å². The fourth-order valence-corrected chi connectivity index (χ4v) is 3.84. The third kappa shape index (κ3) is 4.12. The highest BCUT2D eigenvalue weighted by molar-refractivity contribution is 6.03. The van der Waals surface area contributed by atoms with E-state index in [2.05, 4.69) is 15.3 Å². The van der Waals surface area contributed by atoms with Gasteiger partial charge in [-0.05, 0) is 42.2 Å². The van der Waals surface area contributed by atoms with Crippen LogP contribution in [0.3, 0.4) is 0 Å². The van der Waals surface area contributed by atoms with Gasteiger partial charge in [0.2, 0.25) is 11.7 Å². The summed E-state index contributed by atoms with van der Waals surface area (Å²) in [6.45, 7) is 0. The van der Waals surface area contributed by atoms with E-state index in [1.54, 1.807) is 45.6 Å². The van der Waals surface area contributed by atoms with Crippen molar-refractivity contribution in [2.75, 3.05) is 26.6 Å². The van der Waals surface area contributed by atoms with E-state index < -0.39 is 0 Å². The average molecular weight is 433 g/mol. The molecular formula is C24H23N3O5. The summed E-state index contributed by atoms with van der Waals surface area (Å²) < 4.78 is 16.3. The highest BCUT2D eigenvalue weighted by Crippen LogP contribution is 2.42. The number of anilines is 1. The largest absolute Gasteiger partial charge is 0.493 e. The lowest BCUT2D eigenvalue weighted by atomic mass is 9.82. The predicted octanol–water partition coefficient (Wildman–Crippen LogP) is 3.67. The van der Waals surface area contributed by atoms with Crippen LogP contribution in [0.15, 0.2) is 48.7 Å². The van der Waals surface area contributed by atoms with E-state index in [1.807, 2.05) is 18.2 Å². The molecule has 164 valence electrons. The first kappa shape index (κ1) is 21.3. The van der Waals surface area contributed by atoms with Gasteiger partial charge >= 0.3 is 0 Å². The Kier molecular flexibility index (Phi) is 6.02. The van der Waals surface area contributed by atoms with E-state index in [1.165, 1.54) is 6.20 Å². The van der Waals surface area contributed by atoms with Crippen LogP contribution in [0.5, 0.6) is 17.2 Å². The minimum Gasteiger partial charge on any atom is -0.493 e. The minimum atomic E-state index is -0.311. The lowest BCUT2D eigenvalue weighted by Crippen LogP contribution is -2.22. The van der Waals surface area contributed by atoms with Gasteiger partial charge in [-0.3, -0.25) is 14.9 Å². The number of rotatable bonds is 6. The number of Topliss-reactive ketones (excluding diaryl/α,β-unsaturated/α-hetero) is 1. The number of ether oxygens (including phenoxy) is 3. The molecule has 1 aliphatic carbocycles. The Morgan fingerprint density at radius 1 is 1.00 bits per heavy atom. The van der Waals surface area contributed by atoms with Gasteiger partial charge in [0.05, 0.1) is 32.6 Å². The molecule has 1 aliphatic rings. The topological polar surface area (TPSA) is 99.6 Å². The number of hydrogen-bond donors (Lipinski definition) is 1. The first-order valence-corrected chi connectivity index (χ1v) is 10.1. The van der Waals surface area contributed by atoms with Crippen molar-refractivity contribution in [3.05, 3.63) is 71.0 Å². The lowest BCUT2D eigenvalue weighted by molar-refractivity contribution is 0.0962. The molecule has 2 aromatic carbocycles. The Hall–Kier alpha value is -3.94. The number of carbonyl (C=O) groups is 2. The van der Waals surface area contributed by atoms with Gasteiger partial charge in [-0.25, -0.2) is 9.97 Å². The molecule has 0 saturated heterocycles. The molecule has 0 aliphatic heterocycles.